The minimum Gasteiger partial charge on any atom is -0.367 e. The first kappa shape index (κ1) is 25.1. The van der Waals surface area contributed by atoms with Crippen LogP contribution in [0.2, 0.25) is 18.1 Å². The van der Waals surface area contributed by atoms with Gasteiger partial charge in [-0.1, -0.05) is 70.1 Å². The number of benzene rings is 1. The summed E-state index contributed by atoms with van der Waals surface area (Å²) >= 11 is 1.63. The smallest absolute Gasteiger partial charge is 0.162 e. The Balaban J connectivity index is 1.69. The summed E-state index contributed by atoms with van der Waals surface area (Å²) in [6, 6.07) is 14.1. The van der Waals surface area contributed by atoms with E-state index in [4.69, 9.17) is 15.7 Å². The number of thiophene rings is 1. The third-order valence-electron chi connectivity index (χ3n) is 6.61. The van der Waals surface area contributed by atoms with Gasteiger partial charge in [0.15, 0.2) is 5.82 Å². The topological polar surface area (TPSA) is 76.7 Å². The number of nitrogens with zero attached hydrogens (tertiary/aromatic N) is 3. The molecule has 0 spiro atoms. The van der Waals surface area contributed by atoms with Gasteiger partial charge in [-0.15, -0.1) is 16.9 Å². The molecule has 1 atom stereocenters. The Kier molecular flexibility index (Phi) is 7.36. The van der Waals surface area contributed by atoms with Crippen LogP contribution in [-0.4, -0.2) is 35.6 Å². The molecule has 0 amide bonds. The van der Waals surface area contributed by atoms with Crippen LogP contribution in [0.5, 0.6) is 0 Å². The van der Waals surface area contributed by atoms with Gasteiger partial charge in [-0.3, -0.25) is 4.98 Å². The Bertz CT molecular complexity index is 1350. The first-order chi connectivity index (χ1) is 16.6. The van der Waals surface area contributed by atoms with Crippen molar-refractivity contribution in [3.05, 3.63) is 71.4 Å². The van der Waals surface area contributed by atoms with Gasteiger partial charge in [-0.25, -0.2) is 9.97 Å². The normalized spacial score (nSPS) is 12.7. The number of fused-ring (bicyclic) bond motifs is 1. The second kappa shape index (κ2) is 10.3. The molecule has 1 unspecified atom stereocenters. The van der Waals surface area contributed by atoms with Crippen LogP contribution < -0.4 is 11.1 Å². The third kappa shape index (κ3) is 5.96. The summed E-state index contributed by atoms with van der Waals surface area (Å²) in [7, 11) is -1.75. The van der Waals surface area contributed by atoms with Crippen molar-refractivity contribution in [2.24, 2.45) is 5.73 Å². The molecule has 1 aromatic carbocycles. The number of nitrogens with one attached hydrogen (secondary N) is 1. The Morgan fingerprint density at radius 2 is 1.77 bits per heavy atom. The predicted molar refractivity (Wildman–Crippen MR) is 151 cm³/mol. The molecule has 35 heavy (non-hydrogen) atoms. The summed E-state index contributed by atoms with van der Waals surface area (Å²) in [4.78, 5) is 14.0. The molecule has 3 N–H and O–H groups in total. The summed E-state index contributed by atoms with van der Waals surface area (Å²) in [6.45, 7) is 12.1. The molecular formula is C28H33N5SSi. The third-order valence-corrected chi connectivity index (χ3v) is 12.1. The lowest BCUT2D eigenvalue weighted by Gasteiger charge is -2.31. The van der Waals surface area contributed by atoms with Crippen molar-refractivity contribution >= 4 is 35.4 Å². The molecule has 0 radical (unpaired) electrons. The van der Waals surface area contributed by atoms with Crippen LogP contribution in [0.25, 0.3) is 21.6 Å². The second-order valence-electron chi connectivity index (χ2n) is 10.4. The Hall–Kier alpha value is -3.05. The van der Waals surface area contributed by atoms with Crippen LogP contribution in [-0.2, 0) is 6.42 Å². The molecule has 0 fully saturated rings. The highest BCUT2D eigenvalue weighted by Gasteiger charge is 2.33. The van der Waals surface area contributed by atoms with Crippen LogP contribution in [0.1, 0.15) is 31.9 Å². The van der Waals surface area contributed by atoms with E-state index in [2.05, 4.69) is 73.1 Å². The van der Waals surface area contributed by atoms with Gasteiger partial charge < -0.3 is 11.1 Å². The molecule has 0 saturated carbocycles. The van der Waals surface area contributed by atoms with Crippen molar-refractivity contribution in [3.8, 4) is 22.9 Å². The van der Waals surface area contributed by atoms with Gasteiger partial charge in [0.1, 0.15) is 19.4 Å². The zero-order valence-electron chi connectivity index (χ0n) is 21.1. The Labute approximate surface area is 213 Å². The van der Waals surface area contributed by atoms with Crippen LogP contribution in [0, 0.1) is 11.5 Å². The standard InChI is InChI=1S/C28H33N5SSi/c1-28(2,3)35(4,5)16-13-22-19-34-25-24(22)32-26(21-11-14-30-15-12-21)33-27(25)31-18-23(29)17-20-9-7-6-8-10-20/h6-12,14-15,19,23H,17-18,29H2,1-5H3,(H,31,32,33). The van der Waals surface area contributed by atoms with Crippen LogP contribution >= 0.6 is 11.3 Å². The van der Waals surface area contributed by atoms with Crippen molar-refractivity contribution in [3.63, 3.8) is 0 Å². The lowest BCUT2D eigenvalue weighted by atomic mass is 10.1. The van der Waals surface area contributed by atoms with Gasteiger partial charge in [-0.2, -0.15) is 0 Å². The fourth-order valence-corrected chi connectivity index (χ4v) is 5.11. The monoisotopic (exact) mass is 499 g/mol. The van der Waals surface area contributed by atoms with Crippen molar-refractivity contribution in [2.45, 2.75) is 51.4 Å². The van der Waals surface area contributed by atoms with Crippen LogP contribution in [0.4, 0.5) is 5.82 Å². The molecule has 0 bridgehead atoms. The maximum atomic E-state index is 6.46. The van der Waals surface area contributed by atoms with E-state index in [1.54, 1.807) is 23.7 Å². The fraction of sp³-hybridized carbons (Fsp3) is 0.321. The average molecular weight is 500 g/mol. The van der Waals surface area contributed by atoms with Gasteiger partial charge in [-0.05, 0) is 29.2 Å². The van der Waals surface area contributed by atoms with E-state index in [1.165, 1.54) is 5.56 Å². The number of hydrogen-bond acceptors (Lipinski definition) is 6. The molecule has 180 valence electrons. The van der Waals surface area contributed by atoms with E-state index < -0.39 is 8.07 Å². The fourth-order valence-electron chi connectivity index (χ4n) is 3.38. The van der Waals surface area contributed by atoms with E-state index in [0.29, 0.717) is 12.4 Å². The van der Waals surface area contributed by atoms with Crippen LogP contribution in [0.15, 0.2) is 60.2 Å². The quantitative estimate of drug-likeness (QED) is 0.246. The Morgan fingerprint density at radius 1 is 1.06 bits per heavy atom. The number of rotatable bonds is 6. The SMILES string of the molecule is CC(C)(C)[Si](C)(C)C#Cc1csc2c(NCC(N)Cc3ccccc3)nc(-c3ccncc3)nc12. The molecule has 0 aliphatic heterocycles. The second-order valence-corrected chi connectivity index (χ2v) is 16.3. The van der Waals surface area contributed by atoms with Crippen molar-refractivity contribution in [1.29, 1.82) is 0 Å². The summed E-state index contributed by atoms with van der Waals surface area (Å²) in [5.74, 6) is 4.95. The first-order valence-corrected chi connectivity index (χ1v) is 15.8. The lowest BCUT2D eigenvalue weighted by molar-refractivity contribution is 0.698. The van der Waals surface area contributed by atoms with Gasteiger partial charge in [0.05, 0.1) is 10.3 Å². The largest absolute Gasteiger partial charge is 0.367 e. The molecule has 0 aliphatic rings. The zero-order valence-corrected chi connectivity index (χ0v) is 22.9. The molecule has 0 aliphatic carbocycles. The summed E-state index contributed by atoms with van der Waals surface area (Å²) < 4.78 is 1.01. The molecule has 0 saturated heterocycles. The lowest BCUT2D eigenvalue weighted by Crippen LogP contribution is -2.35. The van der Waals surface area contributed by atoms with Crippen molar-refractivity contribution in [2.75, 3.05) is 11.9 Å². The molecule has 3 aromatic heterocycles. The van der Waals surface area contributed by atoms with E-state index in [9.17, 15) is 0 Å². The van der Waals surface area contributed by atoms with Crippen LogP contribution in [0.3, 0.4) is 0 Å². The van der Waals surface area contributed by atoms with Crippen molar-refractivity contribution in [1.82, 2.24) is 15.0 Å². The van der Waals surface area contributed by atoms with Gasteiger partial charge in [0.25, 0.3) is 0 Å². The molecule has 5 nitrogen and oxygen atoms in total. The molecule has 4 rings (SSSR count). The number of aromatic nitrogens is 3. The van der Waals surface area contributed by atoms with E-state index in [0.717, 1.165) is 33.6 Å². The van der Waals surface area contributed by atoms with E-state index in [1.807, 2.05) is 30.3 Å². The number of hydrogen-bond donors (Lipinski definition) is 2. The minimum absolute atomic E-state index is 0.0374. The summed E-state index contributed by atoms with van der Waals surface area (Å²) in [5.41, 5.74) is 14.1. The molecular weight excluding hydrogens is 466 g/mol. The first-order valence-electron chi connectivity index (χ1n) is 11.9. The summed E-state index contributed by atoms with van der Waals surface area (Å²) in [5, 5.41) is 5.81. The highest BCUT2D eigenvalue weighted by molar-refractivity contribution is 7.18. The van der Waals surface area contributed by atoms with Crippen molar-refractivity contribution < 1.29 is 0 Å². The highest BCUT2D eigenvalue weighted by Crippen LogP contribution is 2.36. The van der Waals surface area contributed by atoms with Gasteiger partial charge in [0.2, 0.25) is 0 Å². The van der Waals surface area contributed by atoms with E-state index >= 15 is 0 Å². The highest BCUT2D eigenvalue weighted by atomic mass is 32.1. The molecule has 7 heteroatoms. The maximum absolute atomic E-state index is 6.46. The summed E-state index contributed by atoms with van der Waals surface area (Å²) in [6.07, 6.45) is 4.32. The number of anilines is 1. The Morgan fingerprint density at radius 3 is 2.46 bits per heavy atom. The van der Waals surface area contributed by atoms with Gasteiger partial charge >= 0.3 is 0 Å². The number of nitrogens with two attached hydrogens (primary N) is 1. The molecule has 4 aromatic rings. The van der Waals surface area contributed by atoms with E-state index in [-0.39, 0.29) is 11.1 Å². The van der Waals surface area contributed by atoms with Gasteiger partial charge in [0, 0.05) is 35.9 Å². The maximum Gasteiger partial charge on any atom is 0.162 e. The predicted octanol–water partition coefficient (Wildman–Crippen LogP) is 6.13. The number of pyridine rings is 1. The zero-order chi connectivity index (χ0) is 25.1. The molecule has 3 heterocycles. The average Bonchev–Trinajstić information content (AvgIpc) is 3.25. The minimum atomic E-state index is -1.75.